The lowest BCUT2D eigenvalue weighted by atomic mass is 9.95. The molecule has 0 aromatic carbocycles. The average Bonchev–Trinajstić information content (AvgIpc) is 2.44. The van der Waals surface area contributed by atoms with Crippen LogP contribution in [0.3, 0.4) is 0 Å². The van der Waals surface area contributed by atoms with Crippen LogP contribution in [0.1, 0.15) is 46.0 Å². The molecule has 0 aromatic heterocycles. The number of carbonyl (C=O) groups excluding carboxylic acids is 1. The van der Waals surface area contributed by atoms with Gasteiger partial charge < -0.3 is 10.6 Å². The zero-order valence-electron chi connectivity index (χ0n) is 12.7. The molecule has 1 unspecified atom stereocenters. The van der Waals surface area contributed by atoms with Crippen molar-refractivity contribution in [1.29, 1.82) is 0 Å². The molecule has 1 aliphatic rings. The minimum atomic E-state index is 0.234. The highest BCUT2D eigenvalue weighted by Crippen LogP contribution is 2.16. The van der Waals surface area contributed by atoms with E-state index in [1.165, 1.54) is 19.3 Å². The molecule has 1 fully saturated rings. The van der Waals surface area contributed by atoms with Crippen molar-refractivity contribution in [2.75, 3.05) is 39.3 Å². The third-order valence-electron chi connectivity index (χ3n) is 3.98. The molecule has 0 saturated carbocycles. The van der Waals surface area contributed by atoms with Crippen LogP contribution in [0.2, 0.25) is 0 Å². The van der Waals surface area contributed by atoms with Crippen LogP contribution in [0.5, 0.6) is 0 Å². The van der Waals surface area contributed by atoms with Crippen molar-refractivity contribution in [3.8, 4) is 0 Å². The van der Waals surface area contributed by atoms with Crippen LogP contribution in [-0.2, 0) is 4.79 Å². The van der Waals surface area contributed by atoms with Gasteiger partial charge >= 0.3 is 0 Å². The third-order valence-corrected chi connectivity index (χ3v) is 3.98. The Kier molecular flexibility index (Phi) is 8.84. The fourth-order valence-corrected chi connectivity index (χ4v) is 2.57. The van der Waals surface area contributed by atoms with Gasteiger partial charge in [-0.15, -0.1) is 0 Å². The highest BCUT2D eigenvalue weighted by atomic mass is 16.1. The van der Waals surface area contributed by atoms with Gasteiger partial charge in [-0.3, -0.25) is 9.69 Å². The van der Waals surface area contributed by atoms with E-state index in [-0.39, 0.29) is 5.91 Å². The Morgan fingerprint density at radius 3 is 2.68 bits per heavy atom. The summed E-state index contributed by atoms with van der Waals surface area (Å²) in [5.74, 6) is 0.803. The zero-order chi connectivity index (χ0) is 13.9. The highest BCUT2D eigenvalue weighted by Gasteiger charge is 2.12. The predicted molar refractivity (Wildman–Crippen MR) is 80.2 cm³/mol. The molecule has 2 N–H and O–H groups in total. The number of carbonyl (C=O) groups is 1. The number of unbranched alkanes of at least 4 members (excludes halogenated alkanes) is 1. The van der Waals surface area contributed by atoms with E-state index in [0.717, 1.165) is 45.7 Å². The molecule has 19 heavy (non-hydrogen) atoms. The Bertz CT molecular complexity index is 240. The van der Waals surface area contributed by atoms with Crippen molar-refractivity contribution < 1.29 is 4.79 Å². The molecule has 0 radical (unpaired) electrons. The van der Waals surface area contributed by atoms with E-state index in [1.807, 2.05) is 0 Å². The van der Waals surface area contributed by atoms with Gasteiger partial charge in [0.15, 0.2) is 0 Å². The molecular weight excluding hydrogens is 238 g/mol. The fraction of sp³-hybridized carbons (Fsp3) is 0.933. The van der Waals surface area contributed by atoms with Crippen LogP contribution in [0.4, 0.5) is 0 Å². The van der Waals surface area contributed by atoms with Crippen LogP contribution < -0.4 is 10.6 Å². The minimum absolute atomic E-state index is 0.234. The smallest absolute Gasteiger partial charge is 0.220 e. The minimum Gasteiger partial charge on any atom is -0.355 e. The van der Waals surface area contributed by atoms with Gasteiger partial charge in [0.2, 0.25) is 5.91 Å². The quantitative estimate of drug-likeness (QED) is 0.668. The Labute approximate surface area is 118 Å². The van der Waals surface area contributed by atoms with E-state index < -0.39 is 0 Å². The summed E-state index contributed by atoms with van der Waals surface area (Å²) in [4.78, 5) is 14.3. The number of nitrogens with one attached hydrogen (secondary N) is 2. The summed E-state index contributed by atoms with van der Waals surface area (Å²) in [7, 11) is 0. The van der Waals surface area contributed by atoms with Gasteiger partial charge in [0, 0.05) is 45.7 Å². The molecule has 1 aliphatic heterocycles. The molecule has 112 valence electrons. The van der Waals surface area contributed by atoms with Gasteiger partial charge in [-0.25, -0.2) is 0 Å². The molecule has 4 nitrogen and oxygen atoms in total. The molecule has 1 rings (SSSR count). The van der Waals surface area contributed by atoms with Gasteiger partial charge in [0.05, 0.1) is 0 Å². The van der Waals surface area contributed by atoms with Crippen LogP contribution >= 0.6 is 0 Å². The largest absolute Gasteiger partial charge is 0.355 e. The Morgan fingerprint density at radius 2 is 2.05 bits per heavy atom. The van der Waals surface area contributed by atoms with Crippen LogP contribution in [0.15, 0.2) is 0 Å². The number of nitrogens with zero attached hydrogens (tertiary/aromatic N) is 1. The SMILES string of the molecule is CCCCC(CC)CC(=O)NCCN1CCNCC1. The van der Waals surface area contributed by atoms with Crippen LogP contribution in [0.25, 0.3) is 0 Å². The van der Waals surface area contributed by atoms with Gasteiger partial charge in [-0.2, -0.15) is 0 Å². The van der Waals surface area contributed by atoms with E-state index in [4.69, 9.17) is 0 Å². The summed E-state index contributed by atoms with van der Waals surface area (Å²) < 4.78 is 0. The summed E-state index contributed by atoms with van der Waals surface area (Å²) in [6, 6.07) is 0. The van der Waals surface area contributed by atoms with Crippen molar-refractivity contribution in [3.63, 3.8) is 0 Å². The molecule has 0 bridgehead atoms. The zero-order valence-corrected chi connectivity index (χ0v) is 12.7. The summed E-state index contributed by atoms with van der Waals surface area (Å²) >= 11 is 0. The maximum Gasteiger partial charge on any atom is 0.220 e. The van der Waals surface area contributed by atoms with Crippen molar-refractivity contribution in [1.82, 2.24) is 15.5 Å². The van der Waals surface area contributed by atoms with E-state index >= 15 is 0 Å². The first-order valence-corrected chi connectivity index (χ1v) is 7.96. The summed E-state index contributed by atoms with van der Waals surface area (Å²) in [6.45, 7) is 10.5. The molecule has 1 atom stereocenters. The van der Waals surface area contributed by atoms with Crippen LogP contribution in [-0.4, -0.2) is 50.1 Å². The van der Waals surface area contributed by atoms with Gasteiger partial charge in [-0.1, -0.05) is 33.1 Å². The van der Waals surface area contributed by atoms with E-state index in [1.54, 1.807) is 0 Å². The van der Waals surface area contributed by atoms with E-state index in [0.29, 0.717) is 12.3 Å². The topological polar surface area (TPSA) is 44.4 Å². The van der Waals surface area contributed by atoms with Gasteiger partial charge in [0.1, 0.15) is 0 Å². The summed E-state index contributed by atoms with van der Waals surface area (Å²) in [6.07, 6.45) is 5.48. The Morgan fingerprint density at radius 1 is 1.32 bits per heavy atom. The first-order chi connectivity index (χ1) is 9.26. The highest BCUT2D eigenvalue weighted by molar-refractivity contribution is 5.76. The van der Waals surface area contributed by atoms with Gasteiger partial charge in [-0.05, 0) is 12.3 Å². The molecule has 4 heteroatoms. The standard InChI is InChI=1S/C15H31N3O/c1-3-5-6-14(4-2)13-15(19)17-9-12-18-10-7-16-8-11-18/h14,16H,3-13H2,1-2H3,(H,17,19). The number of rotatable bonds is 9. The van der Waals surface area contributed by atoms with Crippen molar-refractivity contribution >= 4 is 5.91 Å². The van der Waals surface area contributed by atoms with Gasteiger partial charge in [0.25, 0.3) is 0 Å². The third kappa shape index (κ3) is 7.53. The molecule has 0 aliphatic carbocycles. The van der Waals surface area contributed by atoms with Crippen molar-refractivity contribution in [2.45, 2.75) is 46.0 Å². The lowest BCUT2D eigenvalue weighted by Crippen LogP contribution is -2.46. The Hall–Kier alpha value is -0.610. The van der Waals surface area contributed by atoms with Crippen molar-refractivity contribution in [2.24, 2.45) is 5.92 Å². The second kappa shape index (κ2) is 10.2. The lowest BCUT2D eigenvalue weighted by Gasteiger charge is -2.27. The fourth-order valence-electron chi connectivity index (χ4n) is 2.57. The molecule has 0 aromatic rings. The molecule has 1 saturated heterocycles. The van der Waals surface area contributed by atoms with E-state index in [2.05, 4.69) is 29.4 Å². The lowest BCUT2D eigenvalue weighted by molar-refractivity contribution is -0.122. The van der Waals surface area contributed by atoms with Crippen molar-refractivity contribution in [3.05, 3.63) is 0 Å². The first-order valence-electron chi connectivity index (χ1n) is 7.96. The number of amides is 1. The molecule has 1 amide bonds. The second-order valence-corrected chi connectivity index (χ2v) is 5.56. The van der Waals surface area contributed by atoms with E-state index in [9.17, 15) is 4.79 Å². The number of hydrogen-bond acceptors (Lipinski definition) is 3. The summed E-state index contributed by atoms with van der Waals surface area (Å²) in [5.41, 5.74) is 0. The molecule has 1 heterocycles. The Balaban J connectivity index is 2.08. The average molecular weight is 269 g/mol. The molecule has 0 spiro atoms. The maximum absolute atomic E-state index is 11.9. The second-order valence-electron chi connectivity index (χ2n) is 5.56. The number of piperazine rings is 1. The molecular formula is C15H31N3O. The van der Waals surface area contributed by atoms with Crippen LogP contribution in [0, 0.1) is 5.92 Å². The first kappa shape index (κ1) is 16.4. The monoisotopic (exact) mass is 269 g/mol. The normalized spacial score (nSPS) is 18.2. The number of hydrogen-bond donors (Lipinski definition) is 2. The summed E-state index contributed by atoms with van der Waals surface area (Å²) in [5, 5.41) is 6.41. The predicted octanol–water partition coefficient (Wildman–Crippen LogP) is 1.61. The maximum atomic E-state index is 11.9.